The van der Waals surface area contributed by atoms with Gasteiger partial charge in [0.05, 0.1) is 18.8 Å². The zero-order chi connectivity index (χ0) is 31.4. The summed E-state index contributed by atoms with van der Waals surface area (Å²) in [6.07, 6.45) is 6.51. The topological polar surface area (TPSA) is 96.0 Å². The van der Waals surface area contributed by atoms with E-state index in [1.807, 2.05) is 17.5 Å². The molecule has 1 amide bonds. The number of aromatic nitrogens is 1. The Kier molecular flexibility index (Phi) is 9.14. The fraction of sp³-hybridized carbons (Fsp3) is 0.343. The highest BCUT2D eigenvalue weighted by atomic mass is 32.1. The van der Waals surface area contributed by atoms with Gasteiger partial charge in [-0.2, -0.15) is 0 Å². The van der Waals surface area contributed by atoms with Crippen LogP contribution in [0, 0.1) is 5.82 Å². The minimum Gasteiger partial charge on any atom is -0.487 e. The summed E-state index contributed by atoms with van der Waals surface area (Å²) < 4.78 is 38.6. The van der Waals surface area contributed by atoms with Gasteiger partial charge in [-0.05, 0) is 85.2 Å². The third kappa shape index (κ3) is 7.02. The zero-order valence-corrected chi connectivity index (χ0v) is 26.1. The third-order valence-electron chi connectivity index (χ3n) is 8.46. The molecule has 1 fully saturated rings. The van der Waals surface area contributed by atoms with E-state index in [0.717, 1.165) is 49.8 Å². The number of nitrogens with zero attached hydrogens (tertiary/aromatic N) is 1. The second kappa shape index (κ2) is 13.4. The quantitative estimate of drug-likeness (QED) is 0.179. The Hall–Kier alpha value is -4.28. The molecule has 6 rings (SSSR count). The smallest absolute Gasteiger partial charge is 0.337 e. The molecule has 0 saturated carbocycles. The fourth-order valence-electron chi connectivity index (χ4n) is 6.14. The number of halogens is 1. The summed E-state index contributed by atoms with van der Waals surface area (Å²) in [5, 5.41) is 5.31. The van der Waals surface area contributed by atoms with E-state index in [1.54, 1.807) is 42.6 Å². The SMILES string of the molecule is COC(=O)c1ccc(-c2ccc(Oc3cc4c(cc3OCC3CCCO3)CCC[C@]4(C)CC(=O)Nc3nccs3)cc2F)cc1. The van der Waals surface area contributed by atoms with Crippen LogP contribution in [0.4, 0.5) is 9.52 Å². The molecule has 4 aromatic rings. The van der Waals surface area contributed by atoms with Crippen molar-refractivity contribution in [2.75, 3.05) is 25.6 Å². The summed E-state index contributed by atoms with van der Waals surface area (Å²) in [4.78, 5) is 29.0. The van der Waals surface area contributed by atoms with Crippen LogP contribution in [0.15, 0.2) is 66.2 Å². The minimum atomic E-state index is -0.471. The average molecular weight is 631 g/mol. The number of amides is 1. The number of methoxy groups -OCH3 is 1. The Labute approximate surface area is 265 Å². The van der Waals surface area contributed by atoms with Crippen LogP contribution in [0.25, 0.3) is 11.1 Å². The largest absolute Gasteiger partial charge is 0.487 e. The van der Waals surface area contributed by atoms with Crippen molar-refractivity contribution in [3.63, 3.8) is 0 Å². The van der Waals surface area contributed by atoms with Crippen molar-refractivity contribution in [2.45, 2.75) is 57.0 Å². The second-order valence-corrected chi connectivity index (χ2v) is 12.6. The molecule has 10 heteroatoms. The first kappa shape index (κ1) is 30.7. The maximum absolute atomic E-state index is 15.4. The lowest BCUT2D eigenvalue weighted by atomic mass is 9.69. The van der Waals surface area contributed by atoms with Crippen LogP contribution >= 0.6 is 11.3 Å². The molecule has 2 heterocycles. The van der Waals surface area contributed by atoms with E-state index in [-0.39, 0.29) is 18.4 Å². The van der Waals surface area contributed by atoms with Gasteiger partial charge in [0.2, 0.25) is 5.91 Å². The predicted octanol–water partition coefficient (Wildman–Crippen LogP) is 7.71. The number of ether oxygens (including phenoxy) is 4. The molecule has 8 nitrogen and oxygen atoms in total. The zero-order valence-electron chi connectivity index (χ0n) is 25.3. The highest BCUT2D eigenvalue weighted by molar-refractivity contribution is 7.13. The Morgan fingerprint density at radius 1 is 1.11 bits per heavy atom. The minimum absolute atomic E-state index is 0.0102. The Morgan fingerprint density at radius 3 is 2.67 bits per heavy atom. The second-order valence-electron chi connectivity index (χ2n) is 11.7. The maximum Gasteiger partial charge on any atom is 0.337 e. The summed E-state index contributed by atoms with van der Waals surface area (Å²) in [5.74, 6) is 0.298. The van der Waals surface area contributed by atoms with E-state index < -0.39 is 17.2 Å². The van der Waals surface area contributed by atoms with Gasteiger partial charge in [-0.1, -0.05) is 19.1 Å². The van der Waals surface area contributed by atoms with Gasteiger partial charge in [-0.15, -0.1) is 11.3 Å². The van der Waals surface area contributed by atoms with Crippen LogP contribution < -0.4 is 14.8 Å². The first-order valence-electron chi connectivity index (χ1n) is 15.1. The first-order valence-corrected chi connectivity index (χ1v) is 16.0. The van der Waals surface area contributed by atoms with Crippen LogP contribution in [0.2, 0.25) is 0 Å². The van der Waals surface area contributed by atoms with E-state index in [4.69, 9.17) is 18.9 Å². The number of carbonyl (C=O) groups excluding carboxylic acids is 2. The first-order chi connectivity index (χ1) is 21.8. The molecule has 3 aromatic carbocycles. The summed E-state index contributed by atoms with van der Waals surface area (Å²) in [7, 11) is 1.32. The van der Waals surface area contributed by atoms with Crippen molar-refractivity contribution in [1.82, 2.24) is 4.98 Å². The normalized spacial score (nSPS) is 19.0. The molecular weight excluding hydrogens is 595 g/mol. The number of aryl methyl sites for hydroxylation is 1. The summed E-state index contributed by atoms with van der Waals surface area (Å²) >= 11 is 1.38. The van der Waals surface area contributed by atoms with Crippen molar-refractivity contribution in [2.24, 2.45) is 0 Å². The summed E-state index contributed by atoms with van der Waals surface area (Å²) in [6.45, 7) is 3.21. The standard InChI is InChI=1S/C35H35FN2O6S/c1-35(20-32(39)38-34-37-14-16-45-34)13-3-5-24-17-30(43-21-26-6-4-15-42-26)31(19-28(24)35)44-25-11-12-27(29(36)18-25)22-7-9-23(10-8-22)33(40)41-2/h7-12,14,16-19,26H,3-6,13,15,20-21H2,1-2H3,(H,37,38,39)/t26?,35-/m1/s1. The molecule has 1 aliphatic heterocycles. The van der Waals surface area contributed by atoms with Crippen LogP contribution in [-0.4, -0.2) is 43.3 Å². The molecule has 1 aromatic heterocycles. The van der Waals surface area contributed by atoms with Gasteiger partial charge in [0.15, 0.2) is 16.6 Å². The van der Waals surface area contributed by atoms with E-state index in [9.17, 15) is 9.59 Å². The molecule has 2 aliphatic rings. The number of nitrogens with one attached hydrogen (secondary N) is 1. The maximum atomic E-state index is 15.4. The molecule has 234 valence electrons. The molecule has 0 spiro atoms. The molecule has 0 bridgehead atoms. The predicted molar refractivity (Wildman–Crippen MR) is 170 cm³/mol. The number of benzene rings is 3. The van der Waals surface area contributed by atoms with Gasteiger partial charge in [0, 0.05) is 41.6 Å². The van der Waals surface area contributed by atoms with E-state index in [1.165, 1.54) is 24.5 Å². The van der Waals surface area contributed by atoms with Gasteiger partial charge in [0.25, 0.3) is 0 Å². The molecular formula is C35H35FN2O6S. The number of thiazole rings is 1. The molecule has 1 N–H and O–H groups in total. The van der Waals surface area contributed by atoms with Gasteiger partial charge >= 0.3 is 5.97 Å². The van der Waals surface area contributed by atoms with Crippen molar-refractivity contribution in [3.05, 3.63) is 88.7 Å². The fourth-order valence-corrected chi connectivity index (χ4v) is 6.68. The molecule has 1 unspecified atom stereocenters. The van der Waals surface area contributed by atoms with Gasteiger partial charge < -0.3 is 24.3 Å². The summed E-state index contributed by atoms with van der Waals surface area (Å²) in [5.41, 5.74) is 3.07. The molecule has 45 heavy (non-hydrogen) atoms. The lowest BCUT2D eigenvalue weighted by Crippen LogP contribution is -2.32. The van der Waals surface area contributed by atoms with Crippen LogP contribution in [0.5, 0.6) is 17.2 Å². The van der Waals surface area contributed by atoms with E-state index in [2.05, 4.69) is 17.2 Å². The van der Waals surface area contributed by atoms with E-state index in [0.29, 0.717) is 45.7 Å². The molecule has 1 saturated heterocycles. The number of rotatable bonds is 10. The monoisotopic (exact) mass is 630 g/mol. The third-order valence-corrected chi connectivity index (χ3v) is 9.15. The molecule has 2 atom stereocenters. The Bertz CT molecular complexity index is 1670. The Balaban J connectivity index is 1.28. The highest BCUT2D eigenvalue weighted by Crippen LogP contribution is 2.46. The lowest BCUT2D eigenvalue weighted by Gasteiger charge is -2.36. The van der Waals surface area contributed by atoms with Crippen molar-refractivity contribution in [3.8, 4) is 28.4 Å². The number of hydrogen-bond donors (Lipinski definition) is 1. The number of carbonyl (C=O) groups is 2. The Morgan fingerprint density at radius 2 is 1.96 bits per heavy atom. The number of esters is 1. The number of anilines is 1. The number of hydrogen-bond acceptors (Lipinski definition) is 8. The van der Waals surface area contributed by atoms with E-state index >= 15 is 4.39 Å². The molecule has 0 radical (unpaired) electrons. The average Bonchev–Trinajstić information content (AvgIpc) is 3.75. The van der Waals surface area contributed by atoms with Crippen molar-refractivity contribution in [1.29, 1.82) is 0 Å². The van der Waals surface area contributed by atoms with Crippen LogP contribution in [0.3, 0.4) is 0 Å². The van der Waals surface area contributed by atoms with Gasteiger partial charge in [0.1, 0.15) is 18.2 Å². The van der Waals surface area contributed by atoms with Crippen molar-refractivity contribution >= 4 is 28.3 Å². The van der Waals surface area contributed by atoms with Crippen LogP contribution in [-0.2, 0) is 26.1 Å². The summed E-state index contributed by atoms with van der Waals surface area (Å²) in [6, 6.07) is 15.2. The van der Waals surface area contributed by atoms with Crippen LogP contribution in [0.1, 0.15) is 60.5 Å². The number of fused-ring (bicyclic) bond motifs is 1. The highest BCUT2D eigenvalue weighted by Gasteiger charge is 2.36. The van der Waals surface area contributed by atoms with Gasteiger partial charge in [-0.3, -0.25) is 4.79 Å². The molecule has 1 aliphatic carbocycles. The van der Waals surface area contributed by atoms with Gasteiger partial charge in [-0.25, -0.2) is 14.2 Å². The van der Waals surface area contributed by atoms with Crippen molar-refractivity contribution < 1.29 is 32.9 Å². The lowest BCUT2D eigenvalue weighted by molar-refractivity contribution is -0.117.